The molecule has 0 saturated carbocycles. The van der Waals surface area contributed by atoms with Crippen molar-refractivity contribution in [1.82, 2.24) is 0 Å². The minimum absolute atomic E-state index is 0.188. The fraction of sp³-hybridized carbons (Fsp3) is 0.500. The molecular weight excluding hydrogens is 209 g/mol. The molecule has 90 valence electrons. The maximum atomic E-state index is 13.4. The van der Waals surface area contributed by atoms with Gasteiger partial charge >= 0.3 is 0 Å². The first-order chi connectivity index (χ1) is 7.79. The number of hydrogen-bond acceptors (Lipinski definition) is 3. The predicted molar refractivity (Wildman–Crippen MR) is 60.7 cm³/mol. The molecule has 0 aromatic heterocycles. The summed E-state index contributed by atoms with van der Waals surface area (Å²) in [5.74, 6) is -0.112. The Balaban J connectivity index is 2.46. The van der Waals surface area contributed by atoms with Gasteiger partial charge in [0.05, 0.1) is 6.61 Å². The molecule has 0 atom stereocenters. The van der Waals surface area contributed by atoms with E-state index in [2.05, 4.69) is 0 Å². The van der Waals surface area contributed by atoms with Crippen LogP contribution < -0.4 is 10.5 Å². The number of halogens is 1. The highest BCUT2D eigenvalue weighted by Crippen LogP contribution is 2.22. The Hall–Kier alpha value is -1.13. The minimum Gasteiger partial charge on any atom is -0.490 e. The Morgan fingerprint density at radius 3 is 2.75 bits per heavy atom. The number of para-hydroxylation sites is 1. The van der Waals surface area contributed by atoms with Gasteiger partial charge in [0, 0.05) is 18.7 Å². The molecule has 0 aliphatic heterocycles. The third-order valence-corrected chi connectivity index (χ3v) is 2.32. The molecule has 0 heterocycles. The van der Waals surface area contributed by atoms with E-state index in [9.17, 15) is 4.39 Å². The molecule has 0 fully saturated rings. The summed E-state index contributed by atoms with van der Waals surface area (Å²) in [7, 11) is 0. The Labute approximate surface area is 95.0 Å². The lowest BCUT2D eigenvalue weighted by Gasteiger charge is -2.10. The first-order valence-electron chi connectivity index (χ1n) is 5.50. The summed E-state index contributed by atoms with van der Waals surface area (Å²) >= 11 is 0. The molecule has 0 radical (unpaired) electrons. The minimum atomic E-state index is -0.370. The van der Waals surface area contributed by atoms with Crippen LogP contribution in [0.5, 0.6) is 5.75 Å². The molecule has 0 unspecified atom stereocenters. The molecule has 0 amide bonds. The number of unbranched alkanes of at least 4 members (excludes halogenated alkanes) is 2. The van der Waals surface area contributed by atoms with Gasteiger partial charge in [0.15, 0.2) is 11.6 Å². The first kappa shape index (κ1) is 12.9. The van der Waals surface area contributed by atoms with Gasteiger partial charge in [-0.3, -0.25) is 0 Å². The largest absolute Gasteiger partial charge is 0.490 e. The zero-order chi connectivity index (χ0) is 11.8. The van der Waals surface area contributed by atoms with Crippen LogP contribution in [0.1, 0.15) is 24.8 Å². The molecular formula is C12H18FNO2. The molecule has 4 heteroatoms. The second-order valence-electron chi connectivity index (χ2n) is 3.56. The summed E-state index contributed by atoms with van der Waals surface area (Å²) in [5, 5.41) is 8.59. The Kier molecular flexibility index (Phi) is 5.82. The summed E-state index contributed by atoms with van der Waals surface area (Å²) in [6, 6.07) is 4.74. The number of rotatable bonds is 7. The summed E-state index contributed by atoms with van der Waals surface area (Å²) in [6.45, 7) is 0.908. The summed E-state index contributed by atoms with van der Waals surface area (Å²) in [4.78, 5) is 0. The van der Waals surface area contributed by atoms with Gasteiger partial charge in [0.1, 0.15) is 0 Å². The molecule has 1 aromatic rings. The van der Waals surface area contributed by atoms with Gasteiger partial charge in [-0.1, -0.05) is 12.1 Å². The quantitative estimate of drug-likeness (QED) is 0.699. The van der Waals surface area contributed by atoms with Crippen LogP contribution in [0.2, 0.25) is 0 Å². The molecule has 16 heavy (non-hydrogen) atoms. The number of aliphatic hydroxyl groups is 1. The van der Waals surface area contributed by atoms with Crippen molar-refractivity contribution in [2.24, 2.45) is 5.73 Å². The summed E-state index contributed by atoms with van der Waals surface area (Å²) in [6.07, 6.45) is 2.44. The predicted octanol–water partition coefficient (Wildman–Crippen LogP) is 1.83. The maximum absolute atomic E-state index is 13.4. The highest BCUT2D eigenvalue weighted by molar-refractivity contribution is 5.34. The number of ether oxygens (including phenoxy) is 1. The zero-order valence-corrected chi connectivity index (χ0v) is 9.29. The Bertz CT molecular complexity index is 318. The normalized spacial score (nSPS) is 10.4. The molecule has 3 N–H and O–H groups in total. The molecule has 3 nitrogen and oxygen atoms in total. The highest BCUT2D eigenvalue weighted by atomic mass is 19.1. The van der Waals surface area contributed by atoms with Crippen LogP contribution in [-0.4, -0.2) is 18.3 Å². The molecule has 0 spiro atoms. The van der Waals surface area contributed by atoms with Crippen molar-refractivity contribution in [3.05, 3.63) is 29.6 Å². The van der Waals surface area contributed by atoms with Gasteiger partial charge in [-0.25, -0.2) is 4.39 Å². The maximum Gasteiger partial charge on any atom is 0.165 e. The second kappa shape index (κ2) is 7.19. The van der Waals surface area contributed by atoms with Crippen LogP contribution in [-0.2, 0) is 6.54 Å². The standard InChI is InChI=1S/C12H18FNO2/c13-11-6-4-5-10(9-14)12(11)16-8-3-1-2-7-15/h4-6,15H,1-3,7-9,14H2. The van der Waals surface area contributed by atoms with E-state index in [0.29, 0.717) is 12.2 Å². The number of hydrogen-bond donors (Lipinski definition) is 2. The van der Waals surface area contributed by atoms with E-state index in [4.69, 9.17) is 15.6 Å². The lowest BCUT2D eigenvalue weighted by Crippen LogP contribution is -2.05. The van der Waals surface area contributed by atoms with Gasteiger partial charge < -0.3 is 15.6 Å². The molecule has 0 aliphatic carbocycles. The van der Waals surface area contributed by atoms with Crippen LogP contribution >= 0.6 is 0 Å². The smallest absolute Gasteiger partial charge is 0.165 e. The van der Waals surface area contributed by atoms with E-state index in [0.717, 1.165) is 19.3 Å². The molecule has 0 bridgehead atoms. The van der Waals surface area contributed by atoms with Crippen molar-refractivity contribution in [3.8, 4) is 5.75 Å². The topological polar surface area (TPSA) is 55.5 Å². The zero-order valence-electron chi connectivity index (χ0n) is 9.29. The summed E-state index contributed by atoms with van der Waals surface area (Å²) in [5.41, 5.74) is 6.17. The first-order valence-corrected chi connectivity index (χ1v) is 5.50. The Morgan fingerprint density at radius 1 is 1.25 bits per heavy atom. The van der Waals surface area contributed by atoms with E-state index >= 15 is 0 Å². The highest BCUT2D eigenvalue weighted by Gasteiger charge is 2.07. The van der Waals surface area contributed by atoms with E-state index < -0.39 is 0 Å². The van der Waals surface area contributed by atoms with Crippen molar-refractivity contribution in [2.75, 3.05) is 13.2 Å². The van der Waals surface area contributed by atoms with Crippen LogP contribution in [0.25, 0.3) is 0 Å². The third kappa shape index (κ3) is 3.79. The SMILES string of the molecule is NCc1cccc(F)c1OCCCCCO. The van der Waals surface area contributed by atoms with Crippen molar-refractivity contribution in [1.29, 1.82) is 0 Å². The van der Waals surface area contributed by atoms with Crippen LogP contribution in [0.4, 0.5) is 4.39 Å². The van der Waals surface area contributed by atoms with Gasteiger partial charge in [-0.2, -0.15) is 0 Å². The fourth-order valence-corrected chi connectivity index (χ4v) is 1.44. The van der Waals surface area contributed by atoms with Crippen molar-refractivity contribution >= 4 is 0 Å². The lowest BCUT2D eigenvalue weighted by molar-refractivity contribution is 0.260. The average Bonchev–Trinajstić information content (AvgIpc) is 2.30. The molecule has 1 rings (SSSR count). The monoisotopic (exact) mass is 227 g/mol. The van der Waals surface area contributed by atoms with Gasteiger partial charge in [0.2, 0.25) is 0 Å². The number of aliphatic hydroxyl groups excluding tert-OH is 1. The lowest BCUT2D eigenvalue weighted by atomic mass is 10.2. The van der Waals surface area contributed by atoms with Crippen LogP contribution in [0.15, 0.2) is 18.2 Å². The number of nitrogens with two attached hydrogens (primary N) is 1. The third-order valence-electron chi connectivity index (χ3n) is 2.32. The van der Waals surface area contributed by atoms with Crippen LogP contribution in [0, 0.1) is 5.82 Å². The summed E-state index contributed by atoms with van der Waals surface area (Å²) < 4.78 is 18.8. The van der Waals surface area contributed by atoms with E-state index in [1.807, 2.05) is 0 Å². The van der Waals surface area contributed by atoms with Crippen molar-refractivity contribution < 1.29 is 14.2 Å². The van der Waals surface area contributed by atoms with Crippen molar-refractivity contribution in [3.63, 3.8) is 0 Å². The van der Waals surface area contributed by atoms with E-state index in [1.54, 1.807) is 12.1 Å². The Morgan fingerprint density at radius 2 is 2.06 bits per heavy atom. The van der Waals surface area contributed by atoms with E-state index in [1.165, 1.54) is 6.07 Å². The second-order valence-corrected chi connectivity index (χ2v) is 3.56. The van der Waals surface area contributed by atoms with E-state index in [-0.39, 0.29) is 24.7 Å². The fourth-order valence-electron chi connectivity index (χ4n) is 1.44. The van der Waals surface area contributed by atoms with Crippen molar-refractivity contribution in [2.45, 2.75) is 25.8 Å². The number of benzene rings is 1. The van der Waals surface area contributed by atoms with Gasteiger partial charge in [0.25, 0.3) is 0 Å². The van der Waals surface area contributed by atoms with Gasteiger partial charge in [-0.15, -0.1) is 0 Å². The average molecular weight is 227 g/mol. The molecule has 1 aromatic carbocycles. The molecule has 0 saturated heterocycles. The van der Waals surface area contributed by atoms with Crippen LogP contribution in [0.3, 0.4) is 0 Å². The molecule has 0 aliphatic rings. The van der Waals surface area contributed by atoms with Gasteiger partial charge in [-0.05, 0) is 25.3 Å².